The molecule has 0 radical (unpaired) electrons. The van der Waals surface area contributed by atoms with Gasteiger partial charge < -0.3 is 14.7 Å². The van der Waals surface area contributed by atoms with Gasteiger partial charge in [-0.25, -0.2) is 0 Å². The Bertz CT molecular complexity index is 465. The van der Waals surface area contributed by atoms with Crippen molar-refractivity contribution in [1.82, 2.24) is 4.90 Å². The molecule has 1 saturated heterocycles. The first kappa shape index (κ1) is 14.9. The Balaban J connectivity index is 2.06. The number of piperidine rings is 1. The Morgan fingerprint density at radius 3 is 2.70 bits per heavy atom. The summed E-state index contributed by atoms with van der Waals surface area (Å²) in [5, 5.41) is 9.49. The molecular formula is C16H23NO3. The minimum absolute atomic E-state index is 0.114. The number of benzene rings is 1. The molecule has 1 fully saturated rings. The number of carbonyl (C=O) groups is 1. The van der Waals surface area contributed by atoms with E-state index in [2.05, 4.69) is 13.0 Å². The molecule has 1 aliphatic heterocycles. The molecule has 1 aromatic carbocycles. The van der Waals surface area contributed by atoms with Crippen molar-refractivity contribution in [2.24, 2.45) is 0 Å². The Morgan fingerprint density at radius 1 is 1.40 bits per heavy atom. The number of carbonyl (C=O) groups excluding carboxylic acids is 1. The van der Waals surface area contributed by atoms with Gasteiger partial charge in [0.1, 0.15) is 5.75 Å². The molecule has 20 heavy (non-hydrogen) atoms. The van der Waals surface area contributed by atoms with Crippen molar-refractivity contribution in [2.45, 2.75) is 38.7 Å². The molecular weight excluding hydrogens is 254 g/mol. The SMILES string of the molecule is CCc1ccc(OC)c(CC(=O)N2CCC(O)CC2)c1. The highest BCUT2D eigenvalue weighted by Crippen LogP contribution is 2.22. The van der Waals surface area contributed by atoms with Crippen LogP contribution in [0.15, 0.2) is 18.2 Å². The lowest BCUT2D eigenvalue weighted by atomic mass is 10.0. The summed E-state index contributed by atoms with van der Waals surface area (Å²) >= 11 is 0. The standard InChI is InChI=1S/C16H23NO3/c1-3-12-4-5-15(20-2)13(10-12)11-16(19)17-8-6-14(18)7-9-17/h4-5,10,14,18H,3,6-9,11H2,1-2H3. The molecule has 4 nitrogen and oxygen atoms in total. The number of aliphatic hydroxyl groups excluding tert-OH is 1. The molecule has 4 heteroatoms. The van der Waals surface area contributed by atoms with Crippen LogP contribution in [0.4, 0.5) is 0 Å². The summed E-state index contributed by atoms with van der Waals surface area (Å²) in [6, 6.07) is 6.01. The lowest BCUT2D eigenvalue weighted by Gasteiger charge is -2.29. The zero-order valence-corrected chi connectivity index (χ0v) is 12.3. The molecule has 1 heterocycles. The zero-order chi connectivity index (χ0) is 14.5. The summed E-state index contributed by atoms with van der Waals surface area (Å²) in [6.45, 7) is 3.39. The van der Waals surface area contributed by atoms with Crippen molar-refractivity contribution in [3.8, 4) is 5.75 Å². The van der Waals surface area contributed by atoms with Crippen LogP contribution in [0.2, 0.25) is 0 Å². The Kier molecular flexibility index (Phi) is 5.01. The minimum Gasteiger partial charge on any atom is -0.496 e. The molecule has 1 aromatic rings. The Labute approximate surface area is 120 Å². The summed E-state index contributed by atoms with van der Waals surface area (Å²) in [4.78, 5) is 14.2. The van der Waals surface area contributed by atoms with Crippen LogP contribution in [0, 0.1) is 0 Å². The van der Waals surface area contributed by atoms with Crippen molar-refractivity contribution in [2.75, 3.05) is 20.2 Å². The summed E-state index contributed by atoms with van der Waals surface area (Å²) < 4.78 is 5.34. The van der Waals surface area contributed by atoms with Crippen LogP contribution < -0.4 is 4.74 Å². The monoisotopic (exact) mass is 277 g/mol. The first-order chi connectivity index (χ1) is 9.63. The van der Waals surface area contributed by atoms with E-state index in [1.807, 2.05) is 17.0 Å². The van der Waals surface area contributed by atoms with Gasteiger partial charge in [-0.3, -0.25) is 4.79 Å². The van der Waals surface area contributed by atoms with E-state index in [-0.39, 0.29) is 12.0 Å². The highest BCUT2D eigenvalue weighted by atomic mass is 16.5. The maximum absolute atomic E-state index is 12.3. The smallest absolute Gasteiger partial charge is 0.227 e. The van der Waals surface area contributed by atoms with Crippen LogP contribution >= 0.6 is 0 Å². The van der Waals surface area contributed by atoms with Crippen LogP contribution in [0.3, 0.4) is 0 Å². The third-order valence-corrected chi connectivity index (χ3v) is 3.91. The maximum atomic E-state index is 12.3. The third-order valence-electron chi connectivity index (χ3n) is 3.91. The number of hydrogen-bond acceptors (Lipinski definition) is 3. The van der Waals surface area contributed by atoms with E-state index < -0.39 is 0 Å². The van der Waals surface area contributed by atoms with Gasteiger partial charge in [0.05, 0.1) is 19.6 Å². The van der Waals surface area contributed by atoms with E-state index in [1.165, 1.54) is 5.56 Å². The molecule has 0 unspecified atom stereocenters. The lowest BCUT2D eigenvalue weighted by molar-refractivity contribution is -0.132. The molecule has 0 aliphatic carbocycles. The Hall–Kier alpha value is -1.55. The predicted octanol–water partition coefficient (Wildman–Crippen LogP) is 1.78. The van der Waals surface area contributed by atoms with E-state index >= 15 is 0 Å². The first-order valence-corrected chi connectivity index (χ1v) is 7.25. The fourth-order valence-electron chi connectivity index (χ4n) is 2.58. The quantitative estimate of drug-likeness (QED) is 0.912. The summed E-state index contributed by atoms with van der Waals surface area (Å²) in [5.41, 5.74) is 2.16. The summed E-state index contributed by atoms with van der Waals surface area (Å²) in [6.07, 6.45) is 2.42. The van der Waals surface area contributed by atoms with Gasteiger partial charge in [0.15, 0.2) is 0 Å². The van der Waals surface area contributed by atoms with Crippen LogP contribution in [0.25, 0.3) is 0 Å². The number of likely N-dealkylation sites (tertiary alicyclic amines) is 1. The highest BCUT2D eigenvalue weighted by molar-refractivity contribution is 5.79. The van der Waals surface area contributed by atoms with Crippen LogP contribution in [0.1, 0.15) is 30.9 Å². The van der Waals surface area contributed by atoms with Crippen molar-refractivity contribution in [3.05, 3.63) is 29.3 Å². The van der Waals surface area contributed by atoms with Gasteiger partial charge >= 0.3 is 0 Å². The zero-order valence-electron chi connectivity index (χ0n) is 12.3. The fourth-order valence-corrected chi connectivity index (χ4v) is 2.58. The number of hydrogen-bond donors (Lipinski definition) is 1. The van der Waals surface area contributed by atoms with E-state index in [4.69, 9.17) is 4.74 Å². The number of methoxy groups -OCH3 is 1. The van der Waals surface area contributed by atoms with Crippen molar-refractivity contribution < 1.29 is 14.6 Å². The average Bonchev–Trinajstić information content (AvgIpc) is 2.47. The minimum atomic E-state index is -0.253. The topological polar surface area (TPSA) is 49.8 Å². The lowest BCUT2D eigenvalue weighted by Crippen LogP contribution is -2.40. The van der Waals surface area contributed by atoms with Gasteiger partial charge in [-0.05, 0) is 30.9 Å². The second-order valence-electron chi connectivity index (χ2n) is 5.29. The Morgan fingerprint density at radius 2 is 2.10 bits per heavy atom. The molecule has 2 rings (SSSR count). The maximum Gasteiger partial charge on any atom is 0.227 e. The van der Waals surface area contributed by atoms with Crippen LogP contribution in [-0.2, 0) is 17.6 Å². The predicted molar refractivity (Wildman–Crippen MR) is 77.9 cm³/mol. The summed E-state index contributed by atoms with van der Waals surface area (Å²) in [7, 11) is 1.63. The van der Waals surface area contributed by atoms with E-state index in [9.17, 15) is 9.90 Å². The number of nitrogens with zero attached hydrogens (tertiary/aromatic N) is 1. The average molecular weight is 277 g/mol. The number of amides is 1. The molecule has 0 aromatic heterocycles. The number of aryl methyl sites for hydroxylation is 1. The van der Waals surface area contributed by atoms with Crippen molar-refractivity contribution >= 4 is 5.91 Å². The largest absolute Gasteiger partial charge is 0.496 e. The van der Waals surface area contributed by atoms with Crippen molar-refractivity contribution in [1.29, 1.82) is 0 Å². The van der Waals surface area contributed by atoms with Gasteiger partial charge in [0, 0.05) is 18.7 Å². The second-order valence-corrected chi connectivity index (χ2v) is 5.29. The van der Waals surface area contributed by atoms with Gasteiger partial charge in [-0.15, -0.1) is 0 Å². The first-order valence-electron chi connectivity index (χ1n) is 7.25. The molecule has 1 aliphatic rings. The van der Waals surface area contributed by atoms with Crippen LogP contribution in [0.5, 0.6) is 5.75 Å². The third kappa shape index (κ3) is 3.51. The fraction of sp³-hybridized carbons (Fsp3) is 0.562. The summed E-state index contributed by atoms with van der Waals surface area (Å²) in [5.74, 6) is 0.885. The molecule has 1 amide bonds. The molecule has 0 saturated carbocycles. The molecule has 110 valence electrons. The van der Waals surface area contributed by atoms with Gasteiger partial charge in [-0.2, -0.15) is 0 Å². The van der Waals surface area contributed by atoms with E-state index in [1.54, 1.807) is 7.11 Å². The normalized spacial score (nSPS) is 16.2. The second kappa shape index (κ2) is 6.75. The molecule has 0 bridgehead atoms. The number of aliphatic hydroxyl groups is 1. The number of ether oxygens (including phenoxy) is 1. The van der Waals surface area contributed by atoms with E-state index in [0.29, 0.717) is 32.4 Å². The molecule has 1 N–H and O–H groups in total. The highest BCUT2D eigenvalue weighted by Gasteiger charge is 2.22. The van der Waals surface area contributed by atoms with Crippen molar-refractivity contribution in [3.63, 3.8) is 0 Å². The molecule has 0 spiro atoms. The van der Waals surface area contributed by atoms with Crippen LogP contribution in [-0.4, -0.2) is 42.2 Å². The van der Waals surface area contributed by atoms with Gasteiger partial charge in [0.2, 0.25) is 5.91 Å². The number of rotatable bonds is 4. The van der Waals surface area contributed by atoms with Gasteiger partial charge in [0.25, 0.3) is 0 Å². The van der Waals surface area contributed by atoms with E-state index in [0.717, 1.165) is 17.7 Å². The molecule has 0 atom stereocenters. The van der Waals surface area contributed by atoms with Gasteiger partial charge in [-0.1, -0.05) is 19.1 Å².